The van der Waals surface area contributed by atoms with Crippen molar-refractivity contribution in [1.29, 1.82) is 0 Å². The standard InChI is InChI=1S/C65H100O35/c66-21-42-53(82)61(100-48(77)12-6-27-3-9-33(69)37(73)15-27)65(96-42)91-24-45-52(81)56(85)59(88)64(99-45)95-41-20-30-34(70)18-29(92-62-57(86)54(83)50(79)43(97-62)22-89-46(75)10-4-25-1-7-31(67)35(71)13-25)19-39(30)93-60(41)28-16-38(74)49(78)40(17-28)94-63-58(87)55(84)51(80)44(98-63)23-90-47(76)11-5-26-2-8-32(68)36(72)14-26/h4-6,10-12,25-45,49-74,78-88H,1-3,7-9,13-24H2. The van der Waals surface area contributed by atoms with Gasteiger partial charge in [-0.25, -0.2) is 14.4 Å². The number of aliphatic hydroxyl groups excluding tert-OH is 20. The molecule has 10 aliphatic rings. The van der Waals surface area contributed by atoms with E-state index in [1.807, 2.05) is 0 Å². The fourth-order valence-electron chi connectivity index (χ4n) is 15.3. The molecule has 35 nitrogen and oxygen atoms in total. The van der Waals surface area contributed by atoms with Crippen molar-refractivity contribution in [3.8, 4) is 0 Å². The molecule has 0 radical (unpaired) electrons. The van der Waals surface area contributed by atoms with Crippen LogP contribution in [0.4, 0.5) is 0 Å². The van der Waals surface area contributed by atoms with Crippen molar-refractivity contribution in [3.63, 3.8) is 0 Å². The van der Waals surface area contributed by atoms with Crippen LogP contribution in [0.3, 0.4) is 0 Å². The number of carbonyl (C=O) groups excluding carboxylic acids is 3. The Morgan fingerprint density at radius 1 is 0.360 bits per heavy atom. The van der Waals surface area contributed by atoms with Crippen LogP contribution in [0, 0.1) is 29.6 Å². The maximum Gasteiger partial charge on any atom is 0.330 e. The van der Waals surface area contributed by atoms with Gasteiger partial charge in [-0.15, -0.1) is 0 Å². The number of esters is 3. The quantitative estimate of drug-likeness (QED) is 0.0272. The van der Waals surface area contributed by atoms with Crippen molar-refractivity contribution in [1.82, 2.24) is 0 Å². The Hall–Kier alpha value is -3.53. The molecule has 10 fully saturated rings. The third-order valence-corrected chi connectivity index (χ3v) is 21.4. The highest BCUT2D eigenvalue weighted by atomic mass is 16.8. The zero-order valence-electron chi connectivity index (χ0n) is 54.7. The minimum absolute atomic E-state index is 0.104. The van der Waals surface area contributed by atoms with E-state index in [-0.39, 0.29) is 75.5 Å². The molecule has 0 aromatic rings. The Bertz CT molecular complexity index is 2710. The predicted octanol–water partition coefficient (Wildman–Crippen LogP) is -8.05. The predicted molar refractivity (Wildman–Crippen MR) is 326 cm³/mol. The molecule has 5 saturated heterocycles. The second-order valence-electron chi connectivity index (χ2n) is 28.4. The molecule has 38 unspecified atom stereocenters. The number of fused-ring (bicyclic) bond motifs is 1. The van der Waals surface area contributed by atoms with Gasteiger partial charge in [0.2, 0.25) is 0 Å². The van der Waals surface area contributed by atoms with Crippen LogP contribution < -0.4 is 0 Å². The highest BCUT2D eigenvalue weighted by molar-refractivity contribution is 5.82. The van der Waals surface area contributed by atoms with Gasteiger partial charge in [0.05, 0.1) is 92.6 Å². The van der Waals surface area contributed by atoms with E-state index in [0.717, 1.165) is 18.2 Å². The number of rotatable bonds is 22. The summed E-state index contributed by atoms with van der Waals surface area (Å²) in [7, 11) is 0. The van der Waals surface area contributed by atoms with Gasteiger partial charge in [-0.3, -0.25) is 0 Å². The van der Waals surface area contributed by atoms with Gasteiger partial charge in [0, 0.05) is 37.0 Å². The van der Waals surface area contributed by atoms with Crippen LogP contribution in [0.1, 0.15) is 89.9 Å². The highest BCUT2D eigenvalue weighted by Crippen LogP contribution is 2.46. The molecule has 35 heteroatoms. The van der Waals surface area contributed by atoms with Crippen LogP contribution in [-0.4, -0.2) is 349 Å². The second kappa shape index (κ2) is 35.3. The third kappa shape index (κ3) is 19.2. The van der Waals surface area contributed by atoms with Gasteiger partial charge in [-0.2, -0.15) is 0 Å². The molecule has 38 atom stereocenters. The topological polar surface area (TPSA) is 567 Å². The van der Waals surface area contributed by atoms with E-state index in [4.69, 9.17) is 56.8 Å². The maximum absolute atomic E-state index is 13.1. The highest BCUT2D eigenvalue weighted by Gasteiger charge is 2.57. The van der Waals surface area contributed by atoms with E-state index >= 15 is 0 Å². The van der Waals surface area contributed by atoms with Gasteiger partial charge >= 0.3 is 17.9 Å². The average Bonchev–Trinajstić information content (AvgIpc) is 1.01. The fraction of sp³-hybridized carbons (Fsp3) is 0.862. The lowest BCUT2D eigenvalue weighted by Gasteiger charge is -2.52. The Balaban J connectivity index is 0.837. The molecule has 0 spiro atoms. The molecular formula is C65H100O35. The number of hydrogen-bond acceptors (Lipinski definition) is 35. The number of carbonyl (C=O) groups is 3. The van der Waals surface area contributed by atoms with Crippen molar-refractivity contribution < 1.29 is 173 Å². The minimum Gasteiger partial charge on any atom is -0.460 e. The van der Waals surface area contributed by atoms with Crippen LogP contribution in [0.2, 0.25) is 0 Å². The van der Waals surface area contributed by atoms with Crippen molar-refractivity contribution in [3.05, 3.63) is 36.5 Å². The van der Waals surface area contributed by atoms with Gasteiger partial charge in [0.25, 0.3) is 0 Å². The summed E-state index contributed by atoms with van der Waals surface area (Å²) in [6.45, 7) is -2.82. The molecule has 20 N–H and O–H groups in total. The summed E-state index contributed by atoms with van der Waals surface area (Å²) in [4.78, 5) is 38.7. The van der Waals surface area contributed by atoms with Crippen molar-refractivity contribution in [2.45, 2.75) is 292 Å². The summed E-state index contributed by atoms with van der Waals surface area (Å²) in [5, 5.41) is 217. The zero-order valence-corrected chi connectivity index (χ0v) is 54.7. The van der Waals surface area contributed by atoms with Crippen LogP contribution >= 0.6 is 0 Å². The van der Waals surface area contributed by atoms with Gasteiger partial charge in [0.15, 0.2) is 31.3 Å². The molecule has 0 bridgehead atoms. The summed E-state index contributed by atoms with van der Waals surface area (Å²) in [6, 6.07) is 0. The van der Waals surface area contributed by atoms with Crippen molar-refractivity contribution in [2.75, 3.05) is 26.4 Å². The second-order valence-corrected chi connectivity index (χ2v) is 28.4. The lowest BCUT2D eigenvalue weighted by atomic mass is 9.72. The minimum atomic E-state index is -2.05. The van der Waals surface area contributed by atoms with Gasteiger partial charge < -0.3 is 159 Å². The van der Waals surface area contributed by atoms with Gasteiger partial charge in [0.1, 0.15) is 105 Å². The molecule has 100 heavy (non-hydrogen) atoms. The Kier molecular flexibility index (Phi) is 27.9. The number of aliphatic hydroxyl groups is 20. The van der Waals surface area contributed by atoms with Gasteiger partial charge in [-0.05, 0) is 101 Å². The van der Waals surface area contributed by atoms with Crippen LogP contribution in [0.15, 0.2) is 36.5 Å². The summed E-state index contributed by atoms with van der Waals surface area (Å²) in [5.74, 6) is -5.42. The van der Waals surface area contributed by atoms with E-state index in [0.29, 0.717) is 32.1 Å². The normalized spacial score (nSPS) is 49.0. The molecule has 5 heterocycles. The van der Waals surface area contributed by atoms with E-state index in [9.17, 15) is 117 Å². The average molecular weight is 1440 g/mol. The van der Waals surface area contributed by atoms with Gasteiger partial charge in [-0.1, -0.05) is 18.2 Å². The molecule has 0 aromatic heterocycles. The Morgan fingerprint density at radius 2 is 0.800 bits per heavy atom. The molecule has 5 saturated carbocycles. The van der Waals surface area contributed by atoms with Crippen LogP contribution in [-0.2, 0) is 71.2 Å². The lowest BCUT2D eigenvalue weighted by molar-refractivity contribution is -0.345. The van der Waals surface area contributed by atoms with E-state index in [2.05, 4.69) is 0 Å². The zero-order chi connectivity index (χ0) is 72.1. The number of ether oxygens (including phenoxy) is 12. The molecule has 5 aliphatic heterocycles. The summed E-state index contributed by atoms with van der Waals surface area (Å²) < 4.78 is 71.2. The van der Waals surface area contributed by atoms with Crippen molar-refractivity contribution in [2.24, 2.45) is 29.6 Å². The maximum atomic E-state index is 13.1. The molecule has 0 aromatic carbocycles. The van der Waals surface area contributed by atoms with E-state index in [1.54, 1.807) is 0 Å². The third-order valence-electron chi connectivity index (χ3n) is 21.4. The summed E-state index contributed by atoms with van der Waals surface area (Å²) in [5.41, 5.74) is 0. The number of hydrogen-bond donors (Lipinski definition) is 20. The van der Waals surface area contributed by atoms with Crippen LogP contribution in [0.5, 0.6) is 0 Å². The first-order valence-electron chi connectivity index (χ1n) is 34.5. The van der Waals surface area contributed by atoms with Crippen LogP contribution in [0.25, 0.3) is 0 Å². The first kappa shape index (κ1) is 79.0. The van der Waals surface area contributed by atoms with E-state index in [1.165, 1.54) is 18.2 Å². The SMILES string of the molecule is O=C(C=CC1CCC(O)C(O)C1)OCC1OC(OC2CC(O)C3CC(OC4OC(COC5OC(CO)C(O)C5OC(=O)C=CC5CCC(O)C(O)C5)C(O)C(O)C4O)C(C4CC(O)C(O)C(OC5OC(COC(=O)C=CC6CCC(O)C(O)C6)C(O)C(O)C5O)C4)OC3C2)C(O)C(O)C1O. The Labute approximate surface area is 574 Å². The first-order chi connectivity index (χ1) is 47.5. The summed E-state index contributed by atoms with van der Waals surface area (Å²) in [6.07, 6.45) is -41.0. The molecular weight excluding hydrogens is 1340 g/mol. The lowest BCUT2D eigenvalue weighted by Crippen LogP contribution is -2.64. The smallest absolute Gasteiger partial charge is 0.330 e. The Morgan fingerprint density at radius 3 is 1.27 bits per heavy atom. The summed E-state index contributed by atoms with van der Waals surface area (Å²) >= 11 is 0. The molecule has 570 valence electrons. The fourth-order valence-corrected chi connectivity index (χ4v) is 15.3. The largest absolute Gasteiger partial charge is 0.460 e. The number of allylic oxidation sites excluding steroid dienone is 3. The van der Waals surface area contributed by atoms with Crippen molar-refractivity contribution >= 4 is 17.9 Å². The molecule has 10 rings (SSSR count). The van der Waals surface area contributed by atoms with E-state index < -0.39 is 258 Å². The first-order valence-corrected chi connectivity index (χ1v) is 34.5. The monoisotopic (exact) mass is 1440 g/mol. The molecule has 0 amide bonds. The molecule has 5 aliphatic carbocycles.